The molecule has 102 valence electrons. The summed E-state index contributed by atoms with van der Waals surface area (Å²) < 4.78 is 2.13. The third-order valence-electron chi connectivity index (χ3n) is 2.48. The molecule has 0 aliphatic rings. The van der Waals surface area contributed by atoms with Crippen molar-refractivity contribution >= 4 is 50.9 Å². The first-order chi connectivity index (χ1) is 9.78. The van der Waals surface area contributed by atoms with Crippen LogP contribution < -0.4 is 11.3 Å². The molecule has 0 saturated carbocycles. The van der Waals surface area contributed by atoms with Gasteiger partial charge in [-0.3, -0.25) is 0 Å². The minimum absolute atomic E-state index is 0.605. The second-order valence-corrected chi connectivity index (χ2v) is 6.84. The van der Waals surface area contributed by atoms with Crippen molar-refractivity contribution in [1.82, 2.24) is 15.0 Å². The molecule has 0 fully saturated rings. The molecule has 3 aromatic rings. The van der Waals surface area contributed by atoms with E-state index >= 15 is 0 Å². The molecule has 3 N–H and O–H groups in total. The Morgan fingerprint density at radius 1 is 1.20 bits per heavy atom. The summed E-state index contributed by atoms with van der Waals surface area (Å²) in [7, 11) is 0. The van der Waals surface area contributed by atoms with E-state index in [-0.39, 0.29) is 0 Å². The van der Waals surface area contributed by atoms with Crippen LogP contribution in [0.3, 0.4) is 0 Å². The van der Waals surface area contributed by atoms with Crippen LogP contribution in [-0.4, -0.2) is 21.2 Å². The smallest absolute Gasteiger partial charge is 0.190 e. The summed E-state index contributed by atoms with van der Waals surface area (Å²) in [6.07, 6.45) is 1.93. The fraction of sp³-hybridized carbons (Fsp3) is 0.0833. The Morgan fingerprint density at radius 2 is 2.05 bits per heavy atom. The van der Waals surface area contributed by atoms with E-state index in [4.69, 9.17) is 5.84 Å². The van der Waals surface area contributed by atoms with Crippen LogP contribution >= 0.6 is 34.9 Å². The molecule has 0 unspecified atom stereocenters. The van der Waals surface area contributed by atoms with Crippen LogP contribution in [0.1, 0.15) is 0 Å². The van der Waals surface area contributed by atoms with Gasteiger partial charge in [0.25, 0.3) is 0 Å². The van der Waals surface area contributed by atoms with Crippen molar-refractivity contribution in [2.75, 3.05) is 11.7 Å². The molecule has 8 heteroatoms. The lowest BCUT2D eigenvalue weighted by Crippen LogP contribution is -2.09. The number of thiazole rings is 1. The van der Waals surface area contributed by atoms with Gasteiger partial charge in [-0.2, -0.15) is 0 Å². The van der Waals surface area contributed by atoms with Crippen LogP contribution in [0, 0.1) is 0 Å². The minimum atomic E-state index is 0.605. The maximum Gasteiger partial charge on any atom is 0.190 e. The summed E-state index contributed by atoms with van der Waals surface area (Å²) in [6, 6.07) is 9.90. The molecule has 2 heterocycles. The topological polar surface area (TPSA) is 76.7 Å². The lowest BCUT2D eigenvalue weighted by molar-refractivity contribution is 0.893. The maximum absolute atomic E-state index is 5.43. The number of nitrogens with zero attached hydrogens (tertiary/aromatic N) is 3. The third kappa shape index (κ3) is 2.88. The number of hydrazine groups is 1. The predicted octanol–water partition coefficient (Wildman–Crippen LogP) is 3.25. The van der Waals surface area contributed by atoms with Gasteiger partial charge in [0, 0.05) is 6.07 Å². The molecule has 0 spiro atoms. The Balaban J connectivity index is 1.93. The highest BCUT2D eigenvalue weighted by Crippen LogP contribution is 2.34. The van der Waals surface area contributed by atoms with E-state index in [1.54, 1.807) is 11.3 Å². The van der Waals surface area contributed by atoms with E-state index in [9.17, 15) is 0 Å². The van der Waals surface area contributed by atoms with Crippen LogP contribution in [0.25, 0.3) is 10.2 Å². The number of benzene rings is 1. The van der Waals surface area contributed by atoms with Gasteiger partial charge in [-0.15, -0.1) is 11.3 Å². The molecule has 20 heavy (non-hydrogen) atoms. The number of hydrogen-bond donors (Lipinski definition) is 2. The molecule has 0 amide bonds. The summed E-state index contributed by atoms with van der Waals surface area (Å²) in [4.78, 5) is 13.3. The molecule has 2 aromatic heterocycles. The number of fused-ring (bicyclic) bond motifs is 1. The van der Waals surface area contributed by atoms with E-state index in [2.05, 4.69) is 26.4 Å². The number of nitrogen functional groups attached to an aromatic ring is 1. The van der Waals surface area contributed by atoms with Crippen molar-refractivity contribution in [3.8, 4) is 0 Å². The Hall–Kier alpha value is -1.35. The van der Waals surface area contributed by atoms with Crippen molar-refractivity contribution in [3.05, 3.63) is 30.3 Å². The minimum Gasteiger partial charge on any atom is -0.308 e. The van der Waals surface area contributed by atoms with E-state index < -0.39 is 0 Å². The fourth-order valence-electron chi connectivity index (χ4n) is 1.61. The number of para-hydroxylation sites is 1. The summed E-state index contributed by atoms with van der Waals surface area (Å²) >= 11 is 4.65. The number of thioether (sulfide) groups is 1. The van der Waals surface area contributed by atoms with Gasteiger partial charge in [0.2, 0.25) is 0 Å². The number of anilines is 1. The highest BCUT2D eigenvalue weighted by atomic mass is 32.2. The molecule has 0 radical (unpaired) electrons. The zero-order chi connectivity index (χ0) is 13.9. The molecule has 0 saturated heterocycles. The first-order valence-electron chi connectivity index (χ1n) is 5.71. The van der Waals surface area contributed by atoms with Crippen LogP contribution in [0.5, 0.6) is 0 Å². The summed E-state index contributed by atoms with van der Waals surface area (Å²) in [5.41, 5.74) is 3.57. The number of nitrogens with two attached hydrogens (primary N) is 1. The maximum atomic E-state index is 5.43. The van der Waals surface area contributed by atoms with Crippen LogP contribution in [0.2, 0.25) is 0 Å². The van der Waals surface area contributed by atoms with Gasteiger partial charge < -0.3 is 5.43 Å². The van der Waals surface area contributed by atoms with Gasteiger partial charge in [0.1, 0.15) is 10.8 Å². The standard InChI is InChI=1S/C12H11N5S3/c1-18-11-15-9(17-13)6-10(16-11)20-12-14-7-4-2-3-5-8(7)19-12/h2-6H,13H2,1H3,(H,15,16,17). The average molecular weight is 321 g/mol. The molecule has 0 aliphatic carbocycles. The normalized spacial score (nSPS) is 10.9. The lowest BCUT2D eigenvalue weighted by Gasteiger charge is -2.04. The van der Waals surface area contributed by atoms with Crippen molar-refractivity contribution in [2.24, 2.45) is 5.84 Å². The molecular formula is C12H11N5S3. The van der Waals surface area contributed by atoms with Crippen molar-refractivity contribution in [2.45, 2.75) is 14.5 Å². The first-order valence-corrected chi connectivity index (χ1v) is 8.57. The van der Waals surface area contributed by atoms with E-state index in [1.807, 2.05) is 30.5 Å². The second kappa shape index (κ2) is 5.96. The third-order valence-corrected chi connectivity index (χ3v) is 5.04. The average Bonchev–Trinajstić information content (AvgIpc) is 2.88. The van der Waals surface area contributed by atoms with Crippen LogP contribution in [-0.2, 0) is 0 Å². The highest BCUT2D eigenvalue weighted by Gasteiger charge is 2.09. The summed E-state index contributed by atoms with van der Waals surface area (Å²) in [5.74, 6) is 6.03. The van der Waals surface area contributed by atoms with E-state index in [1.165, 1.54) is 28.2 Å². The SMILES string of the molecule is CSc1nc(NN)cc(Sc2nc3ccccc3s2)n1. The Morgan fingerprint density at radius 3 is 2.80 bits per heavy atom. The largest absolute Gasteiger partial charge is 0.308 e. The van der Waals surface area contributed by atoms with Gasteiger partial charge in [-0.05, 0) is 30.2 Å². The number of rotatable bonds is 4. The first kappa shape index (κ1) is 13.6. The molecule has 5 nitrogen and oxygen atoms in total. The van der Waals surface area contributed by atoms with Crippen LogP contribution in [0.4, 0.5) is 5.82 Å². The quantitative estimate of drug-likeness (QED) is 0.251. The van der Waals surface area contributed by atoms with E-state index in [0.717, 1.165) is 14.9 Å². The van der Waals surface area contributed by atoms with Gasteiger partial charge >= 0.3 is 0 Å². The molecule has 3 rings (SSSR count). The second-order valence-electron chi connectivity index (χ2n) is 3.77. The molecule has 0 bridgehead atoms. The number of nitrogens with one attached hydrogen (secondary N) is 1. The molecular weight excluding hydrogens is 310 g/mol. The van der Waals surface area contributed by atoms with Gasteiger partial charge in [-0.1, -0.05) is 23.9 Å². The molecule has 0 aliphatic heterocycles. The summed E-state index contributed by atoms with van der Waals surface area (Å²) in [6.45, 7) is 0. The van der Waals surface area contributed by atoms with Crippen molar-refractivity contribution in [1.29, 1.82) is 0 Å². The highest BCUT2D eigenvalue weighted by molar-refractivity contribution is 8.01. The Bertz CT molecular complexity index is 688. The predicted molar refractivity (Wildman–Crippen MR) is 85.4 cm³/mol. The van der Waals surface area contributed by atoms with Crippen molar-refractivity contribution in [3.63, 3.8) is 0 Å². The Kier molecular flexibility index (Phi) is 4.06. The van der Waals surface area contributed by atoms with Crippen molar-refractivity contribution < 1.29 is 0 Å². The zero-order valence-corrected chi connectivity index (χ0v) is 13.0. The zero-order valence-electron chi connectivity index (χ0n) is 10.5. The number of hydrogen-bond acceptors (Lipinski definition) is 8. The van der Waals surface area contributed by atoms with Gasteiger partial charge in [0.15, 0.2) is 9.50 Å². The summed E-state index contributed by atoms with van der Waals surface area (Å²) in [5, 5.41) is 1.51. The van der Waals surface area contributed by atoms with Gasteiger partial charge in [0.05, 0.1) is 10.2 Å². The molecule has 1 aromatic carbocycles. The Labute approximate surface area is 128 Å². The monoisotopic (exact) mass is 321 g/mol. The lowest BCUT2D eigenvalue weighted by atomic mass is 10.3. The fourth-order valence-corrected chi connectivity index (χ4v) is 4.06. The number of aromatic nitrogens is 3. The van der Waals surface area contributed by atoms with Crippen LogP contribution in [0.15, 0.2) is 44.9 Å². The van der Waals surface area contributed by atoms with Gasteiger partial charge in [-0.25, -0.2) is 20.8 Å². The van der Waals surface area contributed by atoms with E-state index in [0.29, 0.717) is 11.0 Å². The molecule has 0 atom stereocenters.